The molecule has 152 valence electrons. The van der Waals surface area contributed by atoms with E-state index in [9.17, 15) is 17.6 Å². The highest BCUT2D eigenvalue weighted by Crippen LogP contribution is 2.26. The van der Waals surface area contributed by atoms with E-state index >= 15 is 0 Å². The Balaban J connectivity index is 2.21. The number of rotatable bonds is 5. The number of aromatic nitrogens is 3. The molecule has 0 fully saturated rings. The number of benzene rings is 1. The van der Waals surface area contributed by atoms with Crippen molar-refractivity contribution in [3.05, 3.63) is 65.4 Å². The first-order valence-corrected chi connectivity index (χ1v) is 10.0. The maximum atomic E-state index is 14.5. The fourth-order valence-electron chi connectivity index (χ4n) is 2.68. The van der Waals surface area contributed by atoms with Crippen LogP contribution in [-0.4, -0.2) is 46.3 Å². The van der Waals surface area contributed by atoms with Crippen LogP contribution in [0.1, 0.15) is 17.0 Å². The Morgan fingerprint density at radius 3 is 2.55 bits per heavy atom. The summed E-state index contributed by atoms with van der Waals surface area (Å²) >= 11 is 0. The normalized spacial score (nSPS) is 11.4. The van der Waals surface area contributed by atoms with Gasteiger partial charge in [-0.2, -0.15) is 5.10 Å². The quantitative estimate of drug-likeness (QED) is 0.683. The molecule has 0 bridgehead atoms. The molecule has 10 heteroatoms. The molecular weight excluding hydrogens is 399 g/mol. The van der Waals surface area contributed by atoms with Crippen LogP contribution in [0.4, 0.5) is 9.18 Å². The molecule has 1 N–H and O–H groups in total. The van der Waals surface area contributed by atoms with Gasteiger partial charge in [-0.3, -0.25) is 4.98 Å². The van der Waals surface area contributed by atoms with Crippen LogP contribution in [0.3, 0.4) is 0 Å². The predicted octanol–water partition coefficient (Wildman–Crippen LogP) is 2.97. The minimum Gasteiger partial charge on any atom is -0.465 e. The minimum absolute atomic E-state index is 0.0483. The van der Waals surface area contributed by atoms with Crippen LogP contribution in [0.5, 0.6) is 0 Å². The van der Waals surface area contributed by atoms with Gasteiger partial charge in [0, 0.05) is 25.0 Å². The van der Waals surface area contributed by atoms with Crippen LogP contribution in [0.15, 0.2) is 52.5 Å². The zero-order chi connectivity index (χ0) is 21.3. The Hall–Kier alpha value is -3.27. The molecule has 0 spiro atoms. The molecule has 2 heterocycles. The lowest BCUT2D eigenvalue weighted by Crippen LogP contribution is -2.24. The standard InChI is InChI=1S/C19H19FN4O4S/c1-12-4-7-16(20)17(8-12)24-18(9-14(22-24)11-23(3)19(25)26)29(27,28)15-6-5-13(2)21-10-15/h4-10H,11H2,1-3H3,(H,25,26). The molecule has 0 unspecified atom stereocenters. The van der Waals surface area contributed by atoms with Gasteiger partial charge < -0.3 is 10.0 Å². The van der Waals surface area contributed by atoms with Crippen LogP contribution in [0.2, 0.25) is 0 Å². The van der Waals surface area contributed by atoms with Crippen molar-refractivity contribution in [3.8, 4) is 5.69 Å². The molecule has 0 aliphatic carbocycles. The van der Waals surface area contributed by atoms with Crippen LogP contribution in [-0.2, 0) is 16.4 Å². The van der Waals surface area contributed by atoms with E-state index in [1.54, 1.807) is 26.0 Å². The Morgan fingerprint density at radius 1 is 1.21 bits per heavy atom. The van der Waals surface area contributed by atoms with E-state index in [1.165, 1.54) is 37.5 Å². The van der Waals surface area contributed by atoms with Crippen molar-refractivity contribution in [1.82, 2.24) is 19.7 Å². The monoisotopic (exact) mass is 418 g/mol. The maximum absolute atomic E-state index is 14.5. The van der Waals surface area contributed by atoms with Crippen molar-refractivity contribution < 1.29 is 22.7 Å². The second kappa shape index (κ2) is 7.63. The lowest BCUT2D eigenvalue weighted by molar-refractivity contribution is 0.153. The van der Waals surface area contributed by atoms with E-state index in [0.29, 0.717) is 11.3 Å². The molecule has 3 aromatic rings. The zero-order valence-electron chi connectivity index (χ0n) is 16.0. The molecule has 29 heavy (non-hydrogen) atoms. The summed E-state index contributed by atoms with van der Waals surface area (Å²) in [6, 6.07) is 8.46. The number of hydrogen-bond donors (Lipinski definition) is 1. The van der Waals surface area contributed by atoms with Crippen LogP contribution in [0.25, 0.3) is 5.69 Å². The maximum Gasteiger partial charge on any atom is 0.407 e. The number of aryl methyl sites for hydroxylation is 2. The van der Waals surface area contributed by atoms with Crippen molar-refractivity contribution >= 4 is 15.9 Å². The van der Waals surface area contributed by atoms with Gasteiger partial charge in [0.1, 0.15) is 11.5 Å². The first kappa shape index (κ1) is 20.5. The zero-order valence-corrected chi connectivity index (χ0v) is 16.8. The number of pyridine rings is 1. The summed E-state index contributed by atoms with van der Waals surface area (Å²) in [5.41, 5.74) is 1.47. The van der Waals surface area contributed by atoms with Crippen LogP contribution in [0, 0.1) is 19.7 Å². The Labute approximate surface area is 167 Å². The van der Waals surface area contributed by atoms with Crippen LogP contribution >= 0.6 is 0 Å². The summed E-state index contributed by atoms with van der Waals surface area (Å²) < 4.78 is 41.9. The molecular formula is C19H19FN4O4S. The summed E-state index contributed by atoms with van der Waals surface area (Å²) in [7, 11) is -2.77. The van der Waals surface area contributed by atoms with Gasteiger partial charge in [-0.25, -0.2) is 22.3 Å². The van der Waals surface area contributed by atoms with Crippen molar-refractivity contribution in [2.24, 2.45) is 0 Å². The van der Waals surface area contributed by atoms with Crippen molar-refractivity contribution in [2.45, 2.75) is 30.3 Å². The summed E-state index contributed by atoms with van der Waals surface area (Å²) in [6.45, 7) is 3.30. The topological polar surface area (TPSA) is 105 Å². The molecule has 1 aromatic carbocycles. The average Bonchev–Trinajstić information content (AvgIpc) is 3.08. The highest BCUT2D eigenvalue weighted by molar-refractivity contribution is 7.91. The number of carboxylic acid groups (broad SMARTS) is 1. The Bertz CT molecular complexity index is 1170. The third kappa shape index (κ3) is 4.11. The third-order valence-electron chi connectivity index (χ3n) is 4.25. The first-order valence-electron chi connectivity index (χ1n) is 8.57. The second-order valence-electron chi connectivity index (χ2n) is 6.62. The molecule has 0 saturated heterocycles. The fraction of sp³-hybridized carbons (Fsp3) is 0.211. The van der Waals surface area contributed by atoms with E-state index in [-0.39, 0.29) is 27.8 Å². The predicted molar refractivity (Wildman–Crippen MR) is 102 cm³/mol. The number of nitrogens with zero attached hydrogens (tertiary/aromatic N) is 4. The smallest absolute Gasteiger partial charge is 0.407 e. The van der Waals surface area contributed by atoms with E-state index in [2.05, 4.69) is 10.1 Å². The molecule has 1 amide bonds. The van der Waals surface area contributed by atoms with Gasteiger partial charge >= 0.3 is 6.09 Å². The molecule has 0 aliphatic heterocycles. The van der Waals surface area contributed by atoms with Gasteiger partial charge in [0.2, 0.25) is 9.84 Å². The lowest BCUT2D eigenvalue weighted by atomic mass is 10.2. The van der Waals surface area contributed by atoms with Crippen molar-refractivity contribution in [3.63, 3.8) is 0 Å². The number of hydrogen-bond acceptors (Lipinski definition) is 5. The van der Waals surface area contributed by atoms with Gasteiger partial charge in [-0.15, -0.1) is 0 Å². The van der Waals surface area contributed by atoms with Crippen LogP contribution < -0.4 is 0 Å². The molecule has 2 aromatic heterocycles. The van der Waals surface area contributed by atoms with E-state index in [0.717, 1.165) is 9.58 Å². The molecule has 0 atom stereocenters. The van der Waals surface area contributed by atoms with Gasteiger partial charge in [-0.1, -0.05) is 6.07 Å². The Morgan fingerprint density at radius 2 is 1.93 bits per heavy atom. The molecule has 0 saturated carbocycles. The highest BCUT2D eigenvalue weighted by Gasteiger charge is 2.27. The van der Waals surface area contributed by atoms with E-state index < -0.39 is 21.7 Å². The van der Waals surface area contributed by atoms with Crippen molar-refractivity contribution in [2.75, 3.05) is 7.05 Å². The fourth-order valence-corrected chi connectivity index (χ4v) is 4.02. The number of halogens is 1. The van der Waals surface area contributed by atoms with Gasteiger partial charge in [0.05, 0.1) is 17.1 Å². The van der Waals surface area contributed by atoms with Gasteiger partial charge in [0.15, 0.2) is 5.03 Å². The SMILES string of the molecule is Cc1ccc(F)c(-n2nc(CN(C)C(=O)O)cc2S(=O)(=O)c2ccc(C)nc2)c1. The first-order chi connectivity index (χ1) is 13.6. The number of carbonyl (C=O) groups is 1. The Kier molecular flexibility index (Phi) is 5.38. The molecule has 8 nitrogen and oxygen atoms in total. The summed E-state index contributed by atoms with van der Waals surface area (Å²) in [6.07, 6.45) is 0.0194. The third-order valence-corrected chi connectivity index (χ3v) is 5.96. The molecule has 0 aliphatic rings. The lowest BCUT2D eigenvalue weighted by Gasteiger charge is -2.11. The summed E-state index contributed by atoms with van der Waals surface area (Å²) in [5, 5.41) is 13.0. The summed E-state index contributed by atoms with van der Waals surface area (Å²) in [4.78, 5) is 16.0. The average molecular weight is 418 g/mol. The number of sulfone groups is 1. The summed E-state index contributed by atoms with van der Waals surface area (Å²) in [5.74, 6) is -0.657. The van der Waals surface area contributed by atoms with E-state index in [4.69, 9.17) is 5.11 Å². The molecule has 0 radical (unpaired) electrons. The molecule has 3 rings (SSSR count). The van der Waals surface area contributed by atoms with E-state index in [1.807, 2.05) is 0 Å². The van der Waals surface area contributed by atoms with Gasteiger partial charge in [0.25, 0.3) is 0 Å². The second-order valence-corrected chi connectivity index (χ2v) is 8.51. The highest BCUT2D eigenvalue weighted by atomic mass is 32.2. The largest absolute Gasteiger partial charge is 0.465 e. The number of amides is 1. The van der Waals surface area contributed by atoms with Crippen molar-refractivity contribution in [1.29, 1.82) is 0 Å². The van der Waals surface area contributed by atoms with Gasteiger partial charge in [-0.05, 0) is 43.7 Å². The minimum atomic E-state index is -4.09.